The van der Waals surface area contributed by atoms with Crippen LogP contribution in [0.2, 0.25) is 5.02 Å². The van der Waals surface area contributed by atoms with Crippen LogP contribution in [0, 0.1) is 0 Å². The molecule has 1 N–H and O–H groups in total. The third kappa shape index (κ3) is 4.86. The highest BCUT2D eigenvalue weighted by molar-refractivity contribution is 6.30. The number of ether oxygens (including phenoxy) is 1. The Bertz CT molecular complexity index is 300. The molecule has 1 aromatic carbocycles. The van der Waals surface area contributed by atoms with E-state index in [1.165, 1.54) is 19.6 Å². The summed E-state index contributed by atoms with van der Waals surface area (Å²) < 4.78 is 5.63. The van der Waals surface area contributed by atoms with Crippen LogP contribution in [0.1, 0.15) is 20.3 Å². The molecule has 0 aromatic heterocycles. The normalized spacial score (nSPS) is 10.8. The van der Waals surface area contributed by atoms with Crippen molar-refractivity contribution >= 4 is 11.6 Å². The van der Waals surface area contributed by atoms with E-state index in [4.69, 9.17) is 16.3 Å². The van der Waals surface area contributed by atoms with E-state index < -0.39 is 0 Å². The van der Waals surface area contributed by atoms with Gasteiger partial charge in [-0.05, 0) is 32.0 Å². The van der Waals surface area contributed by atoms with Gasteiger partial charge in [0.05, 0.1) is 26.2 Å². The summed E-state index contributed by atoms with van der Waals surface area (Å²) in [5, 5.41) is 0.729. The maximum Gasteiger partial charge on any atom is 0.120 e. The molecule has 0 aliphatic heterocycles. The molecule has 90 valence electrons. The van der Waals surface area contributed by atoms with Crippen molar-refractivity contribution in [3.8, 4) is 5.75 Å². The fourth-order valence-corrected chi connectivity index (χ4v) is 1.85. The van der Waals surface area contributed by atoms with Gasteiger partial charge >= 0.3 is 0 Å². The van der Waals surface area contributed by atoms with E-state index in [9.17, 15) is 0 Å². The average Bonchev–Trinajstić information content (AvgIpc) is 2.29. The van der Waals surface area contributed by atoms with Crippen LogP contribution in [0.15, 0.2) is 24.3 Å². The predicted octanol–water partition coefficient (Wildman–Crippen LogP) is 2.03. The second-order valence-electron chi connectivity index (χ2n) is 3.87. The standard InChI is InChI=1S/C13H20ClNO/c1-3-15(4-2)9-6-10-16-13-8-5-7-12(14)11-13/h5,7-8,11H,3-4,6,9-10H2,1-2H3/p+1. The number of quaternary nitrogens is 1. The van der Waals surface area contributed by atoms with Crippen LogP contribution in [-0.4, -0.2) is 26.2 Å². The molecule has 0 saturated heterocycles. The number of hydrogen-bond acceptors (Lipinski definition) is 1. The van der Waals surface area contributed by atoms with Crippen LogP contribution in [0.4, 0.5) is 0 Å². The van der Waals surface area contributed by atoms with Crippen molar-refractivity contribution in [1.82, 2.24) is 0 Å². The van der Waals surface area contributed by atoms with Crippen LogP contribution in [0.25, 0.3) is 0 Å². The van der Waals surface area contributed by atoms with Gasteiger partial charge < -0.3 is 9.64 Å². The second kappa shape index (κ2) is 7.53. The molecule has 0 radical (unpaired) electrons. The molecule has 0 amide bonds. The highest BCUT2D eigenvalue weighted by Gasteiger charge is 2.02. The van der Waals surface area contributed by atoms with Crippen LogP contribution >= 0.6 is 11.6 Å². The van der Waals surface area contributed by atoms with Gasteiger partial charge in [-0.2, -0.15) is 0 Å². The van der Waals surface area contributed by atoms with Gasteiger partial charge in [0.25, 0.3) is 0 Å². The van der Waals surface area contributed by atoms with E-state index in [1.807, 2.05) is 24.3 Å². The Labute approximate surface area is 103 Å². The maximum absolute atomic E-state index is 5.87. The molecule has 1 aromatic rings. The molecular formula is C13H21ClNO+. The Balaban J connectivity index is 2.20. The van der Waals surface area contributed by atoms with Crippen molar-refractivity contribution < 1.29 is 9.64 Å². The number of hydrogen-bond donors (Lipinski definition) is 1. The Morgan fingerprint density at radius 1 is 1.25 bits per heavy atom. The van der Waals surface area contributed by atoms with Crippen molar-refractivity contribution in [2.45, 2.75) is 20.3 Å². The molecule has 0 unspecified atom stereocenters. The second-order valence-corrected chi connectivity index (χ2v) is 4.30. The first-order valence-electron chi connectivity index (χ1n) is 5.98. The highest BCUT2D eigenvalue weighted by Crippen LogP contribution is 2.16. The minimum absolute atomic E-state index is 0.729. The Morgan fingerprint density at radius 3 is 2.62 bits per heavy atom. The summed E-state index contributed by atoms with van der Waals surface area (Å²) in [6.07, 6.45) is 1.09. The SMILES string of the molecule is CC[NH+](CC)CCCOc1cccc(Cl)c1. The van der Waals surface area contributed by atoms with Crippen molar-refractivity contribution in [1.29, 1.82) is 0 Å². The summed E-state index contributed by atoms with van der Waals surface area (Å²) >= 11 is 5.87. The molecule has 0 aliphatic rings. The van der Waals surface area contributed by atoms with Gasteiger partial charge in [0, 0.05) is 11.4 Å². The molecule has 0 bridgehead atoms. The molecule has 0 atom stereocenters. The van der Waals surface area contributed by atoms with Gasteiger partial charge in [0.15, 0.2) is 0 Å². The summed E-state index contributed by atoms with van der Waals surface area (Å²) in [5.41, 5.74) is 0. The number of halogens is 1. The van der Waals surface area contributed by atoms with Gasteiger partial charge in [-0.15, -0.1) is 0 Å². The topological polar surface area (TPSA) is 13.7 Å². The van der Waals surface area contributed by atoms with Crippen LogP contribution in [0.3, 0.4) is 0 Å². The zero-order valence-electron chi connectivity index (χ0n) is 10.1. The Morgan fingerprint density at radius 2 is 2.00 bits per heavy atom. The quantitative estimate of drug-likeness (QED) is 0.723. The van der Waals surface area contributed by atoms with Gasteiger partial charge in [-0.25, -0.2) is 0 Å². The largest absolute Gasteiger partial charge is 0.493 e. The predicted molar refractivity (Wildman–Crippen MR) is 68.5 cm³/mol. The zero-order chi connectivity index (χ0) is 11.8. The number of rotatable bonds is 7. The van der Waals surface area contributed by atoms with Crippen LogP contribution in [0.5, 0.6) is 5.75 Å². The lowest BCUT2D eigenvalue weighted by atomic mass is 10.3. The van der Waals surface area contributed by atoms with Gasteiger partial charge in [0.2, 0.25) is 0 Å². The van der Waals surface area contributed by atoms with E-state index >= 15 is 0 Å². The van der Waals surface area contributed by atoms with E-state index in [0.29, 0.717) is 0 Å². The van der Waals surface area contributed by atoms with Crippen molar-refractivity contribution in [3.63, 3.8) is 0 Å². The lowest BCUT2D eigenvalue weighted by Gasteiger charge is -2.15. The monoisotopic (exact) mass is 242 g/mol. The first-order valence-corrected chi connectivity index (χ1v) is 6.36. The van der Waals surface area contributed by atoms with E-state index in [0.717, 1.165) is 23.8 Å². The summed E-state index contributed by atoms with van der Waals surface area (Å²) in [6, 6.07) is 7.56. The minimum Gasteiger partial charge on any atom is -0.493 e. The Hall–Kier alpha value is -0.730. The molecule has 0 aliphatic carbocycles. The summed E-state index contributed by atoms with van der Waals surface area (Å²) in [7, 11) is 0. The maximum atomic E-state index is 5.87. The molecule has 3 heteroatoms. The molecular weight excluding hydrogens is 222 g/mol. The molecule has 0 saturated carbocycles. The van der Waals surface area contributed by atoms with Crippen LogP contribution in [-0.2, 0) is 0 Å². The average molecular weight is 243 g/mol. The summed E-state index contributed by atoms with van der Waals surface area (Å²) in [5.74, 6) is 0.863. The lowest BCUT2D eigenvalue weighted by molar-refractivity contribution is -0.896. The highest BCUT2D eigenvalue weighted by atomic mass is 35.5. The van der Waals surface area contributed by atoms with Gasteiger partial charge in [-0.1, -0.05) is 17.7 Å². The lowest BCUT2D eigenvalue weighted by Crippen LogP contribution is -3.11. The van der Waals surface area contributed by atoms with Gasteiger partial charge in [-0.3, -0.25) is 0 Å². The third-order valence-corrected chi connectivity index (χ3v) is 2.97. The van der Waals surface area contributed by atoms with E-state index in [-0.39, 0.29) is 0 Å². The molecule has 1 rings (SSSR count). The minimum atomic E-state index is 0.729. The summed E-state index contributed by atoms with van der Waals surface area (Å²) in [6.45, 7) is 8.76. The molecule has 0 spiro atoms. The fraction of sp³-hybridized carbons (Fsp3) is 0.538. The third-order valence-electron chi connectivity index (χ3n) is 2.74. The Kier molecular flexibility index (Phi) is 6.27. The van der Waals surface area contributed by atoms with Crippen molar-refractivity contribution in [2.75, 3.05) is 26.2 Å². The number of benzene rings is 1. The fourth-order valence-electron chi connectivity index (χ4n) is 1.67. The van der Waals surface area contributed by atoms with Crippen molar-refractivity contribution in [3.05, 3.63) is 29.3 Å². The van der Waals surface area contributed by atoms with Crippen LogP contribution < -0.4 is 9.64 Å². The van der Waals surface area contributed by atoms with Gasteiger partial charge in [0.1, 0.15) is 5.75 Å². The van der Waals surface area contributed by atoms with E-state index in [1.54, 1.807) is 4.90 Å². The molecule has 0 heterocycles. The summed E-state index contributed by atoms with van der Waals surface area (Å²) in [4.78, 5) is 1.62. The molecule has 2 nitrogen and oxygen atoms in total. The smallest absolute Gasteiger partial charge is 0.120 e. The number of nitrogens with one attached hydrogen (secondary N) is 1. The van der Waals surface area contributed by atoms with E-state index in [2.05, 4.69) is 13.8 Å². The molecule has 0 fully saturated rings. The van der Waals surface area contributed by atoms with Crippen molar-refractivity contribution in [2.24, 2.45) is 0 Å². The first-order chi connectivity index (χ1) is 7.76. The molecule has 16 heavy (non-hydrogen) atoms. The first kappa shape index (κ1) is 13.3. The zero-order valence-corrected chi connectivity index (χ0v) is 10.9.